The number of H-pyrrole nitrogens is 1. The molecule has 48 heavy (non-hydrogen) atoms. The highest BCUT2D eigenvalue weighted by Crippen LogP contribution is 2.34. The molecule has 2 fully saturated rings. The van der Waals surface area contributed by atoms with Crippen LogP contribution in [-0.4, -0.2) is 74.7 Å². The number of nitrogens with zero attached hydrogens (tertiary/aromatic N) is 4. The van der Waals surface area contributed by atoms with Crippen LogP contribution in [0.1, 0.15) is 90.7 Å². The van der Waals surface area contributed by atoms with E-state index < -0.39 is 11.2 Å². The minimum Gasteiger partial charge on any atom is -0.444 e. The first-order valence-corrected chi connectivity index (χ1v) is 17.1. The molecule has 4 aromatic rings. The molecule has 0 saturated carbocycles. The van der Waals surface area contributed by atoms with Gasteiger partial charge in [-0.2, -0.15) is 0 Å². The van der Waals surface area contributed by atoms with Gasteiger partial charge in [-0.15, -0.1) is 0 Å². The van der Waals surface area contributed by atoms with Crippen molar-refractivity contribution in [3.05, 3.63) is 66.1 Å². The van der Waals surface area contributed by atoms with Crippen LogP contribution in [0.5, 0.6) is 0 Å². The standard InChI is InChI=1S/C38H46N6O4/c1-37(2,3)47-35(45)43-15-7-9-31(43)33-39-21-29(41-33)25-13-11-23-18-28-20-26(14-12-24(28)17-27(23)19-25)30-22-40-34(42-30)32-10-8-16-44(32)36(46)48-38(4,5)6/h11-14,17-21,30-32H,7-10,15-16,22H2,1-6H3,(H,39,41)(H,40,42)/t30?,31-,32?/m0/s1. The topological polar surface area (TPSA) is 112 Å². The number of ether oxygens (including phenoxy) is 2. The summed E-state index contributed by atoms with van der Waals surface area (Å²) in [6, 6.07) is 17.4. The van der Waals surface area contributed by atoms with Crippen molar-refractivity contribution in [3.8, 4) is 11.3 Å². The number of benzene rings is 3. The summed E-state index contributed by atoms with van der Waals surface area (Å²) in [7, 11) is 0. The van der Waals surface area contributed by atoms with Crippen molar-refractivity contribution in [2.24, 2.45) is 4.99 Å². The number of hydrogen-bond acceptors (Lipinski definition) is 7. The summed E-state index contributed by atoms with van der Waals surface area (Å²) in [6.07, 6.45) is 4.89. The lowest BCUT2D eigenvalue weighted by Crippen LogP contribution is -2.46. The van der Waals surface area contributed by atoms with Crippen molar-refractivity contribution in [1.29, 1.82) is 0 Å². The number of likely N-dealkylation sites (tertiary alicyclic amines) is 2. The summed E-state index contributed by atoms with van der Waals surface area (Å²) in [4.78, 5) is 42.3. The Hall–Kier alpha value is -4.60. The van der Waals surface area contributed by atoms with E-state index >= 15 is 0 Å². The van der Waals surface area contributed by atoms with Crippen LogP contribution in [0.4, 0.5) is 9.59 Å². The fraction of sp³-hybridized carbons (Fsp3) is 0.474. The zero-order valence-electron chi connectivity index (χ0n) is 28.8. The van der Waals surface area contributed by atoms with Crippen molar-refractivity contribution >= 4 is 39.6 Å². The summed E-state index contributed by atoms with van der Waals surface area (Å²) < 4.78 is 11.3. The first kappa shape index (κ1) is 32.0. The second-order valence-corrected chi connectivity index (χ2v) is 15.3. The molecule has 1 aromatic heterocycles. The molecule has 3 atom stereocenters. The lowest BCUT2D eigenvalue weighted by molar-refractivity contribution is 0.0216. The number of carbonyl (C=O) groups is 2. The van der Waals surface area contributed by atoms with E-state index in [1.165, 1.54) is 16.3 Å². The van der Waals surface area contributed by atoms with Gasteiger partial charge in [-0.1, -0.05) is 24.3 Å². The minimum atomic E-state index is -0.539. The lowest BCUT2D eigenvalue weighted by atomic mass is 9.97. The van der Waals surface area contributed by atoms with Crippen LogP contribution in [0.15, 0.2) is 59.7 Å². The van der Waals surface area contributed by atoms with Gasteiger partial charge in [0.1, 0.15) is 22.9 Å². The average molecular weight is 651 g/mol. The number of hydrogen-bond donors (Lipinski definition) is 2. The van der Waals surface area contributed by atoms with Crippen molar-refractivity contribution in [3.63, 3.8) is 0 Å². The molecule has 0 spiro atoms. The van der Waals surface area contributed by atoms with E-state index in [9.17, 15) is 9.59 Å². The smallest absolute Gasteiger partial charge is 0.410 e. The Balaban J connectivity index is 1.06. The normalized spacial score (nSPS) is 21.5. The Labute approximate surface area is 281 Å². The SMILES string of the molecule is CC(C)(C)OC(=O)N1CCCC1C1=NCC(c2ccc3cc4cc(-c5cnc([C@@H]6CCCN6C(=O)OC(C)(C)C)[nH]5)ccc4cc3c2)N1. The summed E-state index contributed by atoms with van der Waals surface area (Å²) in [5.74, 6) is 1.67. The maximum absolute atomic E-state index is 12.9. The number of aromatic nitrogens is 2. The molecule has 0 bridgehead atoms. The number of aliphatic imine (C=N–C) groups is 1. The maximum Gasteiger partial charge on any atom is 0.410 e. The third-order valence-corrected chi connectivity index (χ3v) is 9.29. The quantitative estimate of drug-likeness (QED) is 0.217. The lowest BCUT2D eigenvalue weighted by Gasteiger charge is -2.29. The van der Waals surface area contributed by atoms with Gasteiger partial charge in [-0.25, -0.2) is 14.6 Å². The zero-order chi connectivity index (χ0) is 33.8. The van der Waals surface area contributed by atoms with Crippen molar-refractivity contribution < 1.29 is 19.1 Å². The molecule has 10 nitrogen and oxygen atoms in total. The van der Waals surface area contributed by atoms with Gasteiger partial charge in [-0.3, -0.25) is 14.8 Å². The van der Waals surface area contributed by atoms with Gasteiger partial charge in [-0.05, 0) is 119 Å². The van der Waals surface area contributed by atoms with Gasteiger partial charge < -0.3 is 19.8 Å². The second kappa shape index (κ2) is 12.1. The molecule has 4 heterocycles. The van der Waals surface area contributed by atoms with Gasteiger partial charge in [0.25, 0.3) is 0 Å². The van der Waals surface area contributed by atoms with Gasteiger partial charge in [0.2, 0.25) is 0 Å². The molecule has 3 aliphatic heterocycles. The van der Waals surface area contributed by atoms with Crippen LogP contribution in [0.3, 0.4) is 0 Å². The van der Waals surface area contributed by atoms with Crippen molar-refractivity contribution in [2.75, 3.05) is 19.6 Å². The molecule has 2 unspecified atom stereocenters. The van der Waals surface area contributed by atoms with Crippen LogP contribution in [0.25, 0.3) is 32.8 Å². The van der Waals surface area contributed by atoms with Crippen LogP contribution in [0, 0.1) is 0 Å². The third-order valence-electron chi connectivity index (χ3n) is 9.29. The molecule has 0 radical (unpaired) electrons. The van der Waals surface area contributed by atoms with Crippen molar-refractivity contribution in [2.45, 2.75) is 96.6 Å². The first-order valence-electron chi connectivity index (χ1n) is 17.1. The maximum atomic E-state index is 12.9. The number of fused-ring (bicyclic) bond motifs is 2. The van der Waals surface area contributed by atoms with E-state index in [-0.39, 0.29) is 30.3 Å². The number of amidine groups is 1. The highest BCUT2D eigenvalue weighted by atomic mass is 16.6. The molecule has 10 heteroatoms. The predicted molar refractivity (Wildman–Crippen MR) is 188 cm³/mol. The summed E-state index contributed by atoms with van der Waals surface area (Å²) in [5, 5.41) is 8.27. The van der Waals surface area contributed by atoms with Gasteiger partial charge in [0.05, 0.1) is 36.6 Å². The molecule has 7 rings (SSSR count). The molecule has 2 saturated heterocycles. The molecule has 2 amide bonds. The minimum absolute atomic E-state index is 0.0595. The van der Waals surface area contributed by atoms with Crippen molar-refractivity contribution in [1.82, 2.24) is 25.1 Å². The van der Waals surface area contributed by atoms with Crippen LogP contribution in [0.2, 0.25) is 0 Å². The van der Waals surface area contributed by atoms with E-state index in [1.54, 1.807) is 4.90 Å². The molecular formula is C38H46N6O4. The largest absolute Gasteiger partial charge is 0.444 e. The van der Waals surface area contributed by atoms with Crippen LogP contribution in [-0.2, 0) is 9.47 Å². The molecule has 2 N–H and O–H groups in total. The number of imidazole rings is 1. The molecule has 252 valence electrons. The summed E-state index contributed by atoms with van der Waals surface area (Å²) in [5.41, 5.74) is 2.08. The third kappa shape index (κ3) is 6.57. The Kier molecular flexibility index (Phi) is 8.08. The second-order valence-electron chi connectivity index (χ2n) is 15.3. The predicted octanol–water partition coefficient (Wildman–Crippen LogP) is 7.90. The highest BCUT2D eigenvalue weighted by molar-refractivity contribution is 6.00. The Bertz CT molecular complexity index is 1900. The number of nitrogens with one attached hydrogen (secondary N) is 2. The Morgan fingerprint density at radius 2 is 1.38 bits per heavy atom. The summed E-state index contributed by atoms with van der Waals surface area (Å²) in [6.45, 7) is 13.3. The van der Waals surface area contributed by atoms with E-state index in [4.69, 9.17) is 19.5 Å². The fourth-order valence-electron chi connectivity index (χ4n) is 7.08. The first-order chi connectivity index (χ1) is 22.8. The fourth-order valence-corrected chi connectivity index (χ4v) is 7.08. The number of carbonyl (C=O) groups excluding carboxylic acids is 2. The van der Waals surface area contributed by atoms with Gasteiger partial charge in [0.15, 0.2) is 0 Å². The molecule has 3 aliphatic rings. The highest BCUT2D eigenvalue weighted by Gasteiger charge is 2.38. The van der Waals surface area contributed by atoms with E-state index in [0.717, 1.165) is 59.4 Å². The van der Waals surface area contributed by atoms with Crippen LogP contribution < -0.4 is 5.32 Å². The number of amides is 2. The summed E-state index contributed by atoms with van der Waals surface area (Å²) >= 11 is 0. The van der Waals surface area contributed by atoms with E-state index in [1.807, 2.05) is 52.6 Å². The van der Waals surface area contributed by atoms with E-state index in [2.05, 4.69) is 58.8 Å². The van der Waals surface area contributed by atoms with Gasteiger partial charge in [0, 0.05) is 18.7 Å². The monoisotopic (exact) mass is 650 g/mol. The van der Waals surface area contributed by atoms with E-state index in [0.29, 0.717) is 19.6 Å². The zero-order valence-corrected chi connectivity index (χ0v) is 28.8. The molecule has 0 aliphatic carbocycles. The van der Waals surface area contributed by atoms with Gasteiger partial charge >= 0.3 is 12.2 Å². The molecular weight excluding hydrogens is 604 g/mol. The number of aromatic amines is 1. The number of rotatable bonds is 4. The molecule has 3 aromatic carbocycles. The van der Waals surface area contributed by atoms with Crippen LogP contribution >= 0.6 is 0 Å². The Morgan fingerprint density at radius 3 is 2.04 bits per heavy atom. The average Bonchev–Trinajstić information content (AvgIpc) is 3.83. The Morgan fingerprint density at radius 1 is 0.771 bits per heavy atom.